The van der Waals surface area contributed by atoms with Crippen LogP contribution in [-0.4, -0.2) is 26.1 Å². The van der Waals surface area contributed by atoms with Gasteiger partial charge in [-0.25, -0.2) is 0 Å². The van der Waals surface area contributed by atoms with Crippen LogP contribution >= 0.6 is 0 Å². The number of amides is 1. The molecule has 0 unspecified atom stereocenters. The highest BCUT2D eigenvalue weighted by molar-refractivity contribution is 5.92. The Labute approximate surface area is 135 Å². The van der Waals surface area contributed by atoms with Crippen molar-refractivity contribution in [3.8, 4) is 17.2 Å². The van der Waals surface area contributed by atoms with Crippen LogP contribution in [0.5, 0.6) is 17.2 Å². The molecule has 5 nitrogen and oxygen atoms in total. The molecule has 23 heavy (non-hydrogen) atoms. The molecule has 2 aromatic rings. The molecule has 2 N–H and O–H groups in total. The monoisotopic (exact) mass is 312 g/mol. The van der Waals surface area contributed by atoms with Crippen molar-refractivity contribution in [2.24, 2.45) is 5.92 Å². The lowest BCUT2D eigenvalue weighted by Gasteiger charge is -2.11. The second-order valence-electron chi connectivity index (χ2n) is 5.48. The van der Waals surface area contributed by atoms with Gasteiger partial charge in [0.05, 0.1) is 13.0 Å². The van der Waals surface area contributed by atoms with Gasteiger partial charge in [-0.05, 0) is 49.4 Å². The van der Waals surface area contributed by atoms with Gasteiger partial charge in [-0.2, -0.15) is 0 Å². The molecule has 0 radical (unpaired) electrons. The van der Waals surface area contributed by atoms with E-state index in [0.29, 0.717) is 11.5 Å². The standard InChI is InChI=1S/C18H20N2O3/c1-22-16-3-2-4-17(11-16)23-15-7-5-14(6-8-15)20-18(21)13-9-10-19-12-13/h2-8,11,13,19H,9-10,12H2,1H3,(H,20,21)/t13-/m1/s1. The number of hydrogen-bond donors (Lipinski definition) is 2. The summed E-state index contributed by atoms with van der Waals surface area (Å²) in [5.41, 5.74) is 0.778. The number of rotatable bonds is 5. The maximum absolute atomic E-state index is 12.1. The number of carbonyl (C=O) groups is 1. The van der Waals surface area contributed by atoms with Gasteiger partial charge in [-0.3, -0.25) is 4.79 Å². The van der Waals surface area contributed by atoms with Crippen LogP contribution in [-0.2, 0) is 4.79 Å². The molecule has 1 atom stereocenters. The third-order valence-electron chi connectivity index (χ3n) is 3.83. The molecule has 1 aliphatic rings. The number of nitrogens with one attached hydrogen (secondary N) is 2. The molecule has 1 fully saturated rings. The van der Waals surface area contributed by atoms with Gasteiger partial charge in [0.2, 0.25) is 5.91 Å². The summed E-state index contributed by atoms with van der Waals surface area (Å²) in [6.07, 6.45) is 0.892. The van der Waals surface area contributed by atoms with E-state index in [0.717, 1.165) is 30.9 Å². The van der Waals surface area contributed by atoms with Crippen LogP contribution in [0.3, 0.4) is 0 Å². The first kappa shape index (κ1) is 15.4. The smallest absolute Gasteiger partial charge is 0.228 e. The van der Waals surface area contributed by atoms with Gasteiger partial charge >= 0.3 is 0 Å². The molecule has 2 aromatic carbocycles. The van der Waals surface area contributed by atoms with Crippen LogP contribution in [0.15, 0.2) is 48.5 Å². The lowest BCUT2D eigenvalue weighted by molar-refractivity contribution is -0.119. The van der Waals surface area contributed by atoms with E-state index in [1.807, 2.05) is 48.5 Å². The largest absolute Gasteiger partial charge is 0.497 e. The van der Waals surface area contributed by atoms with Gasteiger partial charge in [0.15, 0.2) is 0 Å². The number of ether oxygens (including phenoxy) is 2. The van der Waals surface area contributed by atoms with E-state index >= 15 is 0 Å². The third-order valence-corrected chi connectivity index (χ3v) is 3.83. The van der Waals surface area contributed by atoms with Gasteiger partial charge in [-0.1, -0.05) is 6.07 Å². The van der Waals surface area contributed by atoms with E-state index in [9.17, 15) is 4.79 Å². The molecule has 3 rings (SSSR count). The Morgan fingerprint density at radius 1 is 1.13 bits per heavy atom. The third kappa shape index (κ3) is 4.02. The molecule has 0 spiro atoms. The average molecular weight is 312 g/mol. The SMILES string of the molecule is COc1cccc(Oc2ccc(NC(=O)[C@@H]3CCNC3)cc2)c1. The van der Waals surface area contributed by atoms with E-state index < -0.39 is 0 Å². The van der Waals surface area contributed by atoms with Crippen molar-refractivity contribution in [3.05, 3.63) is 48.5 Å². The van der Waals surface area contributed by atoms with Crippen LogP contribution in [0.1, 0.15) is 6.42 Å². The summed E-state index contributed by atoms with van der Waals surface area (Å²) in [5, 5.41) is 6.13. The highest BCUT2D eigenvalue weighted by atomic mass is 16.5. The van der Waals surface area contributed by atoms with E-state index in [2.05, 4.69) is 10.6 Å². The lowest BCUT2D eigenvalue weighted by Crippen LogP contribution is -2.24. The number of carbonyl (C=O) groups excluding carboxylic acids is 1. The minimum atomic E-state index is 0.0581. The predicted molar refractivity (Wildman–Crippen MR) is 89.1 cm³/mol. The van der Waals surface area contributed by atoms with Crippen LogP contribution in [0.2, 0.25) is 0 Å². The van der Waals surface area contributed by atoms with E-state index in [-0.39, 0.29) is 11.8 Å². The zero-order valence-corrected chi connectivity index (χ0v) is 13.0. The zero-order valence-electron chi connectivity index (χ0n) is 13.0. The Bertz CT molecular complexity index is 664. The molecule has 1 saturated heterocycles. The zero-order chi connectivity index (χ0) is 16.1. The summed E-state index contributed by atoms with van der Waals surface area (Å²) in [4.78, 5) is 12.1. The minimum absolute atomic E-state index is 0.0581. The van der Waals surface area contributed by atoms with Gasteiger partial charge in [-0.15, -0.1) is 0 Å². The highest BCUT2D eigenvalue weighted by Gasteiger charge is 2.22. The van der Waals surface area contributed by atoms with Crippen LogP contribution < -0.4 is 20.1 Å². The summed E-state index contributed by atoms with van der Waals surface area (Å²) in [6.45, 7) is 1.66. The van der Waals surface area contributed by atoms with Crippen molar-refractivity contribution in [1.29, 1.82) is 0 Å². The average Bonchev–Trinajstić information content (AvgIpc) is 3.11. The molecular weight excluding hydrogens is 292 g/mol. The Morgan fingerprint density at radius 3 is 2.61 bits per heavy atom. The first-order valence-electron chi connectivity index (χ1n) is 7.68. The Balaban J connectivity index is 1.61. The first-order chi connectivity index (χ1) is 11.2. The molecule has 5 heteroatoms. The summed E-state index contributed by atoms with van der Waals surface area (Å²) < 4.78 is 10.9. The Kier molecular flexibility index (Phi) is 4.78. The quantitative estimate of drug-likeness (QED) is 0.891. The van der Waals surface area contributed by atoms with E-state index in [1.165, 1.54) is 0 Å². The number of anilines is 1. The molecule has 0 aliphatic carbocycles. The molecular formula is C18H20N2O3. The second kappa shape index (κ2) is 7.15. The van der Waals surface area contributed by atoms with Crippen molar-refractivity contribution in [2.45, 2.75) is 6.42 Å². The van der Waals surface area contributed by atoms with Crippen LogP contribution in [0, 0.1) is 5.92 Å². The maximum atomic E-state index is 12.1. The molecule has 0 saturated carbocycles. The molecule has 120 valence electrons. The fourth-order valence-corrected chi connectivity index (χ4v) is 2.53. The molecule has 0 bridgehead atoms. The van der Waals surface area contributed by atoms with Gasteiger partial charge in [0, 0.05) is 18.3 Å². The van der Waals surface area contributed by atoms with Gasteiger partial charge < -0.3 is 20.1 Å². The van der Waals surface area contributed by atoms with Crippen molar-refractivity contribution >= 4 is 11.6 Å². The number of methoxy groups -OCH3 is 1. The number of hydrogen-bond acceptors (Lipinski definition) is 4. The van der Waals surface area contributed by atoms with Crippen LogP contribution in [0.25, 0.3) is 0 Å². The maximum Gasteiger partial charge on any atom is 0.228 e. The van der Waals surface area contributed by atoms with Gasteiger partial charge in [0.1, 0.15) is 17.2 Å². The molecule has 1 heterocycles. The van der Waals surface area contributed by atoms with Crippen LogP contribution in [0.4, 0.5) is 5.69 Å². The predicted octanol–water partition coefficient (Wildman–Crippen LogP) is 3.04. The van der Waals surface area contributed by atoms with Crippen molar-refractivity contribution < 1.29 is 14.3 Å². The second-order valence-corrected chi connectivity index (χ2v) is 5.48. The minimum Gasteiger partial charge on any atom is -0.497 e. The fraction of sp³-hybridized carbons (Fsp3) is 0.278. The van der Waals surface area contributed by atoms with Crippen molar-refractivity contribution in [2.75, 3.05) is 25.5 Å². The molecule has 0 aromatic heterocycles. The molecule has 1 aliphatic heterocycles. The summed E-state index contributed by atoms with van der Waals surface area (Å²) in [6, 6.07) is 14.8. The van der Waals surface area contributed by atoms with Crippen molar-refractivity contribution in [3.63, 3.8) is 0 Å². The topological polar surface area (TPSA) is 59.6 Å². The first-order valence-corrected chi connectivity index (χ1v) is 7.68. The summed E-state index contributed by atoms with van der Waals surface area (Å²) in [7, 11) is 1.62. The van der Waals surface area contributed by atoms with Gasteiger partial charge in [0.25, 0.3) is 0 Å². The normalized spacial score (nSPS) is 16.8. The van der Waals surface area contributed by atoms with E-state index in [4.69, 9.17) is 9.47 Å². The Hall–Kier alpha value is -2.53. The lowest BCUT2D eigenvalue weighted by atomic mass is 10.1. The molecule has 1 amide bonds. The van der Waals surface area contributed by atoms with E-state index in [1.54, 1.807) is 7.11 Å². The van der Waals surface area contributed by atoms with Crippen molar-refractivity contribution in [1.82, 2.24) is 5.32 Å². The summed E-state index contributed by atoms with van der Waals surface area (Å²) >= 11 is 0. The highest BCUT2D eigenvalue weighted by Crippen LogP contribution is 2.26. The fourth-order valence-electron chi connectivity index (χ4n) is 2.53. The summed E-state index contributed by atoms with van der Waals surface area (Å²) in [5.74, 6) is 2.28. The Morgan fingerprint density at radius 2 is 1.91 bits per heavy atom. The number of benzene rings is 2.